The first-order valence-electron chi connectivity index (χ1n) is 8.57. The molecule has 0 aliphatic rings. The second-order valence-corrected chi connectivity index (χ2v) is 7.66. The van der Waals surface area contributed by atoms with Gasteiger partial charge in [-0.3, -0.25) is 0 Å². The maximum absolute atomic E-state index is 3.56. The summed E-state index contributed by atoms with van der Waals surface area (Å²) in [6, 6.07) is 35.2. The molecule has 3 rings (SSSR count). The summed E-state index contributed by atoms with van der Waals surface area (Å²) in [7, 11) is -0.667. The zero-order valence-corrected chi connectivity index (χ0v) is 15.4. The Balaban J connectivity index is 1.86. The highest BCUT2D eigenvalue weighted by Gasteiger charge is 2.10. The average molecular weight is 343 g/mol. The molecule has 124 valence electrons. The average Bonchev–Trinajstić information content (AvgIpc) is 2.69. The molecule has 0 saturated heterocycles. The van der Waals surface area contributed by atoms with Crippen LogP contribution < -0.4 is 10.6 Å². The predicted molar refractivity (Wildman–Crippen MR) is 109 cm³/mol. The largest absolute Gasteiger partial charge is 0.328 e. The summed E-state index contributed by atoms with van der Waals surface area (Å²) in [4.78, 5) is 2.19. The highest BCUT2D eigenvalue weighted by atomic mass is 31.1. The maximum atomic E-state index is 3.56. The van der Waals surface area contributed by atoms with Crippen LogP contribution in [0, 0.1) is 11.7 Å². The van der Waals surface area contributed by atoms with Gasteiger partial charge < -0.3 is 4.90 Å². The Morgan fingerprint density at radius 3 is 1.68 bits per heavy atom. The van der Waals surface area contributed by atoms with Gasteiger partial charge in [0, 0.05) is 20.5 Å². The first kappa shape index (κ1) is 17.3. The van der Waals surface area contributed by atoms with Gasteiger partial charge >= 0.3 is 0 Å². The topological polar surface area (TPSA) is 3.24 Å². The molecule has 0 radical (unpaired) electrons. The Morgan fingerprint density at radius 2 is 1.20 bits per heavy atom. The number of rotatable bonds is 5. The van der Waals surface area contributed by atoms with Crippen molar-refractivity contribution in [1.29, 1.82) is 0 Å². The summed E-state index contributed by atoms with van der Waals surface area (Å²) < 4.78 is 0. The molecule has 0 aliphatic heterocycles. The van der Waals surface area contributed by atoms with Crippen molar-refractivity contribution in [1.82, 2.24) is 4.90 Å². The van der Waals surface area contributed by atoms with Crippen LogP contribution in [0.25, 0.3) is 0 Å². The van der Waals surface area contributed by atoms with Crippen molar-refractivity contribution in [2.45, 2.75) is 13.5 Å². The number of benzene rings is 3. The molecule has 0 aromatic heterocycles. The molecule has 3 aromatic rings. The summed E-state index contributed by atoms with van der Waals surface area (Å²) in [6.07, 6.45) is 0. The van der Waals surface area contributed by atoms with Gasteiger partial charge in [-0.05, 0) is 28.8 Å². The summed E-state index contributed by atoms with van der Waals surface area (Å²) >= 11 is 0. The smallest absolute Gasteiger partial charge is 0.0511 e. The Kier molecular flexibility index (Phi) is 6.27. The van der Waals surface area contributed by atoms with Gasteiger partial charge in [0.2, 0.25) is 0 Å². The molecule has 0 N–H and O–H groups in total. The summed E-state index contributed by atoms with van der Waals surface area (Å²) in [5.74, 6) is 0. The zero-order valence-electron chi connectivity index (χ0n) is 14.5. The lowest BCUT2D eigenvalue weighted by Gasteiger charge is -2.17. The monoisotopic (exact) mass is 343 g/mol. The molecule has 0 bridgehead atoms. The lowest BCUT2D eigenvalue weighted by molar-refractivity contribution is 0.414. The van der Waals surface area contributed by atoms with Gasteiger partial charge in [0.15, 0.2) is 0 Å². The molecule has 0 fully saturated rings. The van der Waals surface area contributed by atoms with E-state index in [1.165, 1.54) is 16.2 Å². The van der Waals surface area contributed by atoms with Crippen LogP contribution in [0.3, 0.4) is 0 Å². The van der Waals surface area contributed by atoms with E-state index in [0.717, 1.165) is 13.1 Å². The van der Waals surface area contributed by atoms with Crippen molar-refractivity contribution >= 4 is 18.5 Å². The highest BCUT2D eigenvalue weighted by Crippen LogP contribution is 2.31. The van der Waals surface area contributed by atoms with E-state index in [9.17, 15) is 0 Å². The van der Waals surface area contributed by atoms with Gasteiger partial charge in [-0.15, -0.1) is 0 Å². The van der Waals surface area contributed by atoms with Gasteiger partial charge in [0.25, 0.3) is 0 Å². The summed E-state index contributed by atoms with van der Waals surface area (Å²) in [6.45, 7) is 3.93. The van der Waals surface area contributed by atoms with E-state index in [4.69, 9.17) is 0 Å². The third-order valence-corrected chi connectivity index (χ3v) is 5.90. The van der Waals surface area contributed by atoms with Crippen LogP contribution in [0.1, 0.15) is 12.5 Å². The Labute approximate surface area is 152 Å². The van der Waals surface area contributed by atoms with Gasteiger partial charge in [-0.25, -0.2) is 0 Å². The number of hydrogen-bond donors (Lipinski definition) is 0. The molecule has 0 atom stereocenters. The van der Waals surface area contributed by atoms with Crippen LogP contribution in [0.4, 0.5) is 0 Å². The third kappa shape index (κ3) is 4.96. The van der Waals surface area contributed by atoms with Crippen LogP contribution >= 0.6 is 7.92 Å². The van der Waals surface area contributed by atoms with Crippen molar-refractivity contribution in [2.24, 2.45) is 0 Å². The lowest BCUT2D eigenvalue weighted by Crippen LogP contribution is -2.17. The van der Waals surface area contributed by atoms with Gasteiger partial charge in [-0.2, -0.15) is 0 Å². The second kappa shape index (κ2) is 9.07. The molecule has 25 heavy (non-hydrogen) atoms. The van der Waals surface area contributed by atoms with E-state index < -0.39 is 7.92 Å². The van der Waals surface area contributed by atoms with Crippen LogP contribution in [0.5, 0.6) is 0 Å². The van der Waals surface area contributed by atoms with Gasteiger partial charge in [-0.1, -0.05) is 91.0 Å². The van der Waals surface area contributed by atoms with Crippen LogP contribution in [0.2, 0.25) is 0 Å². The van der Waals surface area contributed by atoms with Crippen molar-refractivity contribution < 1.29 is 0 Å². The molecule has 0 heterocycles. The molecule has 0 saturated carbocycles. The van der Waals surface area contributed by atoms with Gasteiger partial charge in [0.1, 0.15) is 0 Å². The standard InChI is InChI=1S/C23H22NP/c1-2-24(20-21-12-6-3-7-13-21)18-19-25(22-14-8-4-9-15-22)23-16-10-5-11-17-23/h3-17H,2,20H2,1H3. The second-order valence-electron chi connectivity index (χ2n) is 5.73. The van der Waals surface area contributed by atoms with E-state index in [1.807, 2.05) is 0 Å². The van der Waals surface area contributed by atoms with Crippen molar-refractivity contribution in [3.8, 4) is 11.7 Å². The molecular formula is C23H22NP. The predicted octanol–water partition coefficient (Wildman–Crippen LogP) is 4.56. The first-order valence-corrected chi connectivity index (χ1v) is 9.91. The first-order chi connectivity index (χ1) is 12.4. The van der Waals surface area contributed by atoms with E-state index >= 15 is 0 Å². The number of nitrogens with zero attached hydrogens (tertiary/aromatic N) is 1. The van der Waals surface area contributed by atoms with Crippen molar-refractivity contribution in [3.63, 3.8) is 0 Å². The van der Waals surface area contributed by atoms with E-state index in [0.29, 0.717) is 0 Å². The summed E-state index contributed by atoms with van der Waals surface area (Å²) in [5, 5.41) is 2.60. The van der Waals surface area contributed by atoms with Crippen molar-refractivity contribution in [2.75, 3.05) is 6.54 Å². The van der Waals surface area contributed by atoms with Crippen molar-refractivity contribution in [3.05, 3.63) is 96.6 Å². The van der Waals surface area contributed by atoms with Crippen LogP contribution in [0.15, 0.2) is 91.0 Å². The van der Waals surface area contributed by atoms with Crippen LogP contribution in [-0.4, -0.2) is 11.4 Å². The normalized spacial score (nSPS) is 10.2. The zero-order chi connectivity index (χ0) is 17.3. The minimum Gasteiger partial charge on any atom is -0.328 e. The molecule has 2 heteroatoms. The molecule has 3 aromatic carbocycles. The van der Waals surface area contributed by atoms with Gasteiger partial charge in [0.05, 0.1) is 6.54 Å². The molecule has 0 unspecified atom stereocenters. The molecular weight excluding hydrogens is 321 g/mol. The Bertz CT molecular complexity index is 780. The fourth-order valence-corrected chi connectivity index (χ4v) is 4.33. The van der Waals surface area contributed by atoms with E-state index in [1.54, 1.807) is 0 Å². The SMILES string of the molecule is CCN(C#CP(c1ccccc1)c1ccccc1)Cc1ccccc1. The fourth-order valence-electron chi connectivity index (χ4n) is 2.59. The molecule has 1 nitrogen and oxygen atoms in total. The van der Waals surface area contributed by atoms with E-state index in [2.05, 4.69) is 115 Å². The summed E-state index contributed by atoms with van der Waals surface area (Å²) in [5.41, 5.74) is 4.86. The number of hydrogen-bond acceptors (Lipinski definition) is 1. The minimum atomic E-state index is -0.667. The maximum Gasteiger partial charge on any atom is 0.0511 e. The highest BCUT2D eigenvalue weighted by molar-refractivity contribution is 7.77. The quantitative estimate of drug-likeness (QED) is 0.373. The molecule has 0 spiro atoms. The fraction of sp³-hybridized carbons (Fsp3) is 0.130. The van der Waals surface area contributed by atoms with E-state index in [-0.39, 0.29) is 0 Å². The lowest BCUT2D eigenvalue weighted by atomic mass is 10.2. The Morgan fingerprint density at radius 1 is 0.720 bits per heavy atom. The minimum absolute atomic E-state index is 0.667. The van der Waals surface area contributed by atoms with Crippen LogP contribution in [-0.2, 0) is 6.54 Å². The molecule has 0 aliphatic carbocycles. The third-order valence-electron chi connectivity index (χ3n) is 3.95. The Hall–Kier alpha value is -2.55. The molecule has 0 amide bonds.